The number of aromatic amines is 1. The van der Waals surface area contributed by atoms with E-state index < -0.39 is 5.91 Å². The highest BCUT2D eigenvalue weighted by Crippen LogP contribution is 2.43. The van der Waals surface area contributed by atoms with Gasteiger partial charge in [-0.3, -0.25) is 24.9 Å². The summed E-state index contributed by atoms with van der Waals surface area (Å²) in [5, 5.41) is 18.1. The van der Waals surface area contributed by atoms with Gasteiger partial charge in [-0.25, -0.2) is 9.78 Å². The minimum atomic E-state index is -0.404. The number of carbonyl (C=O) groups excluding carboxylic acids is 3. The maximum Gasteiger partial charge on any atom is 0.328 e. The van der Waals surface area contributed by atoms with Crippen LogP contribution in [0.5, 0.6) is 0 Å². The van der Waals surface area contributed by atoms with Crippen LogP contribution in [0.1, 0.15) is 80.6 Å². The fourth-order valence-corrected chi connectivity index (χ4v) is 9.98. The molecule has 0 saturated carbocycles. The normalized spacial score (nSPS) is 18.5. The van der Waals surface area contributed by atoms with Crippen molar-refractivity contribution >= 4 is 45.9 Å². The minimum absolute atomic E-state index is 0.0440. The number of carbonyl (C=O) groups is 3. The second kappa shape index (κ2) is 16.2. The summed E-state index contributed by atoms with van der Waals surface area (Å²) in [6, 6.07) is 24.7. The lowest BCUT2D eigenvalue weighted by molar-refractivity contribution is -0.120. The first-order chi connectivity index (χ1) is 30.8. The lowest BCUT2D eigenvalue weighted by Crippen LogP contribution is -2.72. The quantitative estimate of drug-likeness (QED) is 0.127. The van der Waals surface area contributed by atoms with Gasteiger partial charge < -0.3 is 24.5 Å². The molecule has 4 saturated heterocycles. The molecule has 3 aromatic heterocycles. The minimum Gasteiger partial charge on any atom is -0.372 e. The van der Waals surface area contributed by atoms with E-state index >= 15 is 0 Å². The first-order valence-electron chi connectivity index (χ1n) is 22.4. The van der Waals surface area contributed by atoms with Crippen molar-refractivity contribution in [2.24, 2.45) is 11.3 Å². The van der Waals surface area contributed by atoms with Crippen LogP contribution in [-0.4, -0.2) is 100 Å². The molecule has 0 radical (unpaired) electrons. The summed E-state index contributed by atoms with van der Waals surface area (Å²) in [7, 11) is 0. The summed E-state index contributed by atoms with van der Waals surface area (Å²) in [5.41, 5.74) is 10.0. The van der Waals surface area contributed by atoms with Crippen LogP contribution in [0, 0.1) is 18.3 Å². The molecule has 0 bridgehead atoms. The number of hydrogen-bond acceptors (Lipinski definition) is 11. The van der Waals surface area contributed by atoms with Crippen molar-refractivity contribution in [1.82, 2.24) is 40.9 Å². The summed E-state index contributed by atoms with van der Waals surface area (Å²) in [6.07, 6.45) is 4.60. The Morgan fingerprint density at radius 2 is 1.56 bits per heavy atom. The van der Waals surface area contributed by atoms with E-state index in [0.29, 0.717) is 30.1 Å². The largest absolute Gasteiger partial charge is 0.372 e. The Labute approximate surface area is 372 Å². The van der Waals surface area contributed by atoms with Gasteiger partial charge in [0.1, 0.15) is 5.69 Å². The van der Waals surface area contributed by atoms with E-state index in [1.165, 1.54) is 43.9 Å². The van der Waals surface area contributed by atoms with E-state index in [-0.39, 0.29) is 29.3 Å². The molecule has 3 aromatic carbocycles. The lowest BCUT2D eigenvalue weighted by Gasteiger charge is -2.61. The Morgan fingerprint density at radius 1 is 0.875 bits per heavy atom. The lowest BCUT2D eigenvalue weighted by atomic mass is 9.72. The van der Waals surface area contributed by atoms with Crippen LogP contribution in [0.3, 0.4) is 0 Å². The number of pyridine rings is 1. The van der Waals surface area contributed by atoms with Gasteiger partial charge in [0.2, 0.25) is 5.91 Å². The van der Waals surface area contributed by atoms with E-state index in [1.54, 1.807) is 4.90 Å². The molecule has 4 amide bonds. The fourth-order valence-electron chi connectivity index (χ4n) is 9.98. The maximum atomic E-state index is 12.9. The number of anilines is 3. The number of fused-ring (bicyclic) bond motifs is 1. The molecular formula is C49H55N11O4. The molecule has 10 rings (SSSR count). The molecule has 3 N–H and O–H groups in total. The van der Waals surface area contributed by atoms with Crippen LogP contribution in [0.15, 0.2) is 83.5 Å². The number of imide groups is 1. The molecule has 4 aliphatic rings. The molecule has 4 fully saturated rings. The van der Waals surface area contributed by atoms with Crippen LogP contribution in [0.4, 0.5) is 21.9 Å². The Bertz CT molecular complexity index is 2720. The van der Waals surface area contributed by atoms with E-state index in [0.717, 1.165) is 76.4 Å². The molecule has 4 aliphatic heterocycles. The van der Waals surface area contributed by atoms with Gasteiger partial charge in [0, 0.05) is 109 Å². The first kappa shape index (κ1) is 41.4. The number of likely N-dealkylation sites (tertiary alicyclic amines) is 1. The summed E-state index contributed by atoms with van der Waals surface area (Å²) in [6.45, 7) is 18.1. The zero-order valence-electron chi connectivity index (χ0n) is 37.1. The van der Waals surface area contributed by atoms with Crippen LogP contribution < -0.4 is 25.3 Å². The second-order valence-electron chi connectivity index (χ2n) is 19.4. The number of aromatic nitrogens is 5. The number of urea groups is 1. The molecule has 15 nitrogen and oxygen atoms in total. The topological polar surface area (TPSA) is 169 Å². The molecule has 330 valence electrons. The smallest absolute Gasteiger partial charge is 0.328 e. The van der Waals surface area contributed by atoms with Crippen molar-refractivity contribution in [3.63, 3.8) is 0 Å². The average Bonchev–Trinajstić information content (AvgIpc) is 3.93. The van der Waals surface area contributed by atoms with Gasteiger partial charge in [-0.05, 0) is 97.8 Å². The van der Waals surface area contributed by atoms with E-state index in [2.05, 4.69) is 94.2 Å². The van der Waals surface area contributed by atoms with Crippen molar-refractivity contribution in [3.05, 3.63) is 102 Å². The number of rotatable bonds is 10. The Morgan fingerprint density at radius 3 is 2.25 bits per heavy atom. The van der Waals surface area contributed by atoms with Gasteiger partial charge in [-0.1, -0.05) is 50.2 Å². The summed E-state index contributed by atoms with van der Waals surface area (Å²) < 4.78 is 5.25. The van der Waals surface area contributed by atoms with Crippen molar-refractivity contribution in [3.8, 4) is 22.4 Å². The Kier molecular flexibility index (Phi) is 10.5. The predicted molar refractivity (Wildman–Crippen MR) is 246 cm³/mol. The molecular weight excluding hydrogens is 807 g/mol. The van der Waals surface area contributed by atoms with E-state index in [1.807, 2.05) is 65.1 Å². The van der Waals surface area contributed by atoms with Crippen molar-refractivity contribution in [2.75, 3.05) is 67.1 Å². The highest BCUT2D eigenvalue weighted by molar-refractivity contribution is 6.05. The number of hydrogen-bond donors (Lipinski definition) is 3. The zero-order valence-corrected chi connectivity index (χ0v) is 37.1. The number of aryl methyl sites for hydroxylation is 1. The van der Waals surface area contributed by atoms with E-state index in [9.17, 15) is 14.4 Å². The van der Waals surface area contributed by atoms with Gasteiger partial charge in [0.05, 0.1) is 6.04 Å². The third kappa shape index (κ3) is 8.08. The number of nitrogens with one attached hydrogen (secondary N) is 3. The first-order valence-corrected chi connectivity index (χ1v) is 22.4. The third-order valence-electron chi connectivity index (χ3n) is 13.5. The molecule has 15 heteroatoms. The summed E-state index contributed by atoms with van der Waals surface area (Å²) >= 11 is 0. The molecule has 6 aromatic rings. The number of piperidine rings is 1. The Balaban J connectivity index is 0.702. The molecule has 0 unspecified atom stereocenters. The van der Waals surface area contributed by atoms with Gasteiger partial charge >= 0.3 is 17.8 Å². The van der Waals surface area contributed by atoms with Crippen molar-refractivity contribution in [2.45, 2.75) is 65.3 Å². The zero-order chi connectivity index (χ0) is 44.3. The van der Waals surface area contributed by atoms with Gasteiger partial charge in [-0.15, -0.1) is 0 Å². The number of H-pyrrole nitrogens is 1. The monoisotopic (exact) mass is 861 g/mol. The number of nitrogens with zero attached hydrogens (tertiary/aromatic N) is 8. The standard InChI is InChI=1S/C49H55N11O4/c1-30-22-34(8-15-39(30)31(2)51-44(62)45-53-46(56-64-45)48(3,4)5)42-40-23-35(24-50-43(40)55-54-42)33-6-9-37(10-7-33)59-28-49(29-59)26-57(27-49)25-32-16-19-58(20-17-32)36-11-13-38(14-12-36)60-21-18-41(61)52-47(60)63/h6-15,22-24,31-32H,16-21,25-29H2,1-5H3,(H,51,62)(H,50,54,55)(H,52,61,63)/t31-/m1/s1. The van der Waals surface area contributed by atoms with Gasteiger partial charge in [0.15, 0.2) is 11.5 Å². The van der Waals surface area contributed by atoms with Crippen LogP contribution in [-0.2, 0) is 10.2 Å². The summed E-state index contributed by atoms with van der Waals surface area (Å²) in [5.74, 6) is 0.540. The highest BCUT2D eigenvalue weighted by Gasteiger charge is 2.51. The van der Waals surface area contributed by atoms with E-state index in [4.69, 9.17) is 9.51 Å². The second-order valence-corrected chi connectivity index (χ2v) is 19.4. The fraction of sp³-hybridized carbons (Fsp3) is 0.408. The van der Waals surface area contributed by atoms with Crippen molar-refractivity contribution < 1.29 is 18.9 Å². The average molecular weight is 862 g/mol. The van der Waals surface area contributed by atoms with Gasteiger partial charge in [-0.2, -0.15) is 10.1 Å². The summed E-state index contributed by atoms with van der Waals surface area (Å²) in [4.78, 5) is 55.0. The number of amides is 4. The van der Waals surface area contributed by atoms with Crippen LogP contribution >= 0.6 is 0 Å². The van der Waals surface area contributed by atoms with Crippen LogP contribution in [0.25, 0.3) is 33.4 Å². The highest BCUT2D eigenvalue weighted by atomic mass is 16.5. The maximum absolute atomic E-state index is 12.9. The SMILES string of the molecule is Cc1cc(-c2n[nH]c3ncc(-c4ccc(N5CC6(CN(CC7CCN(c8ccc(N9CCC(=O)NC9=O)cc8)CC7)C6)C5)cc4)cc23)ccc1[C@@H](C)NC(=O)c1nc(C(C)(C)C)no1. The predicted octanol–water partition coefficient (Wildman–Crippen LogP) is 7.26. The Hall–Kier alpha value is -6.61. The molecule has 1 atom stereocenters. The molecule has 7 heterocycles. The van der Waals surface area contributed by atoms with Crippen molar-refractivity contribution in [1.29, 1.82) is 0 Å². The van der Waals surface area contributed by atoms with Gasteiger partial charge in [0.25, 0.3) is 0 Å². The van der Waals surface area contributed by atoms with Crippen LogP contribution in [0.2, 0.25) is 0 Å². The molecule has 0 aliphatic carbocycles. The third-order valence-corrected chi connectivity index (χ3v) is 13.5. The molecule has 64 heavy (non-hydrogen) atoms. The molecule has 1 spiro atoms. The number of benzene rings is 3.